The van der Waals surface area contributed by atoms with Gasteiger partial charge in [-0.2, -0.15) is 5.10 Å². The highest BCUT2D eigenvalue weighted by Gasteiger charge is 2.11. The van der Waals surface area contributed by atoms with Crippen molar-refractivity contribution >= 4 is 11.6 Å². The number of amides is 1. The van der Waals surface area contributed by atoms with Crippen molar-refractivity contribution in [3.63, 3.8) is 0 Å². The van der Waals surface area contributed by atoms with Gasteiger partial charge in [0.25, 0.3) is 5.91 Å². The average molecular weight is 263 g/mol. The van der Waals surface area contributed by atoms with Crippen molar-refractivity contribution in [2.45, 2.75) is 13.3 Å². The number of aromatic amines is 1. The molecule has 0 fully saturated rings. The van der Waals surface area contributed by atoms with Gasteiger partial charge in [0.05, 0.1) is 7.11 Å². The lowest BCUT2D eigenvalue weighted by molar-refractivity contribution is 0.102. The van der Waals surface area contributed by atoms with Crippen LogP contribution in [0.15, 0.2) is 24.3 Å². The predicted octanol–water partition coefficient (Wildman–Crippen LogP) is 2.37. The molecule has 1 aromatic heterocycles. The Morgan fingerprint density at radius 2 is 2.26 bits per heavy atom. The summed E-state index contributed by atoms with van der Waals surface area (Å²) in [6, 6.07) is 5.87. The number of hydrogen-bond donors (Lipinski definition) is 2. The highest BCUT2D eigenvalue weighted by molar-refractivity contribution is 6.02. The summed E-state index contributed by atoms with van der Waals surface area (Å²) in [6.07, 6.45) is 0.761. The molecule has 0 aliphatic carbocycles. The SMILES string of the molecule is CCc1cc(C(=O)Nc2ccc(OC)c(F)c2)n[nH]1. The van der Waals surface area contributed by atoms with E-state index in [4.69, 9.17) is 4.74 Å². The Labute approximate surface area is 109 Å². The topological polar surface area (TPSA) is 67.0 Å². The van der Waals surface area contributed by atoms with E-state index >= 15 is 0 Å². The smallest absolute Gasteiger partial charge is 0.276 e. The molecule has 1 amide bonds. The zero-order valence-corrected chi connectivity index (χ0v) is 10.7. The summed E-state index contributed by atoms with van der Waals surface area (Å²) in [5.74, 6) is -0.789. The monoisotopic (exact) mass is 263 g/mol. The highest BCUT2D eigenvalue weighted by Crippen LogP contribution is 2.20. The average Bonchev–Trinajstić information content (AvgIpc) is 2.88. The summed E-state index contributed by atoms with van der Waals surface area (Å²) < 4.78 is 18.3. The van der Waals surface area contributed by atoms with Crippen LogP contribution in [0.3, 0.4) is 0 Å². The number of halogens is 1. The number of nitrogens with one attached hydrogen (secondary N) is 2. The Kier molecular flexibility index (Phi) is 3.79. The first-order chi connectivity index (χ1) is 9.13. The van der Waals surface area contributed by atoms with Gasteiger partial charge in [0, 0.05) is 17.4 Å². The minimum Gasteiger partial charge on any atom is -0.494 e. The van der Waals surface area contributed by atoms with Gasteiger partial charge >= 0.3 is 0 Å². The summed E-state index contributed by atoms with van der Waals surface area (Å²) in [5, 5.41) is 9.20. The van der Waals surface area contributed by atoms with Gasteiger partial charge in [-0.15, -0.1) is 0 Å². The Morgan fingerprint density at radius 3 is 2.84 bits per heavy atom. The second-order valence-electron chi connectivity index (χ2n) is 3.94. The zero-order chi connectivity index (χ0) is 13.8. The lowest BCUT2D eigenvalue weighted by Gasteiger charge is -2.05. The Bertz CT molecular complexity index is 595. The van der Waals surface area contributed by atoms with Crippen LogP contribution in [0.2, 0.25) is 0 Å². The molecular formula is C13H14FN3O2. The van der Waals surface area contributed by atoms with Gasteiger partial charge in [0.2, 0.25) is 0 Å². The highest BCUT2D eigenvalue weighted by atomic mass is 19.1. The Balaban J connectivity index is 2.12. The third-order valence-corrected chi connectivity index (χ3v) is 2.65. The van der Waals surface area contributed by atoms with E-state index in [9.17, 15) is 9.18 Å². The lowest BCUT2D eigenvalue weighted by Crippen LogP contribution is -2.12. The molecule has 0 aliphatic rings. The van der Waals surface area contributed by atoms with E-state index in [0.717, 1.165) is 12.1 Å². The van der Waals surface area contributed by atoms with Gasteiger partial charge in [-0.3, -0.25) is 9.89 Å². The number of hydrogen-bond acceptors (Lipinski definition) is 3. The molecule has 2 N–H and O–H groups in total. The molecule has 100 valence electrons. The van der Waals surface area contributed by atoms with Crippen LogP contribution in [0.1, 0.15) is 23.1 Å². The van der Waals surface area contributed by atoms with E-state index in [0.29, 0.717) is 5.69 Å². The number of aryl methyl sites for hydroxylation is 1. The molecule has 0 unspecified atom stereocenters. The fraction of sp³-hybridized carbons (Fsp3) is 0.231. The number of rotatable bonds is 4. The molecule has 0 bridgehead atoms. The fourth-order valence-electron chi connectivity index (χ4n) is 1.60. The summed E-state index contributed by atoms with van der Waals surface area (Å²) in [4.78, 5) is 11.9. The molecule has 2 rings (SSSR count). The maximum atomic E-state index is 13.5. The van der Waals surface area contributed by atoms with Gasteiger partial charge in [-0.25, -0.2) is 4.39 Å². The molecule has 1 aromatic carbocycles. The lowest BCUT2D eigenvalue weighted by atomic mass is 10.2. The van der Waals surface area contributed by atoms with E-state index in [-0.39, 0.29) is 17.4 Å². The molecule has 2 aromatic rings. The van der Waals surface area contributed by atoms with E-state index in [1.165, 1.54) is 19.2 Å². The van der Waals surface area contributed by atoms with E-state index in [1.807, 2.05) is 6.92 Å². The van der Waals surface area contributed by atoms with Crippen LogP contribution in [0.25, 0.3) is 0 Å². The number of carbonyl (C=O) groups excluding carboxylic acids is 1. The van der Waals surface area contributed by atoms with Crippen LogP contribution in [0.5, 0.6) is 5.75 Å². The molecule has 0 atom stereocenters. The molecule has 0 saturated heterocycles. The van der Waals surface area contributed by atoms with Crippen LogP contribution < -0.4 is 10.1 Å². The van der Waals surface area contributed by atoms with Gasteiger partial charge in [-0.1, -0.05) is 6.92 Å². The molecule has 19 heavy (non-hydrogen) atoms. The number of benzene rings is 1. The van der Waals surface area contributed by atoms with Gasteiger partial charge < -0.3 is 10.1 Å². The van der Waals surface area contributed by atoms with Gasteiger partial charge in [-0.05, 0) is 24.6 Å². The van der Waals surface area contributed by atoms with Crippen molar-refractivity contribution in [2.24, 2.45) is 0 Å². The molecule has 0 saturated carbocycles. The van der Waals surface area contributed by atoms with Crippen LogP contribution >= 0.6 is 0 Å². The summed E-state index contributed by atoms with van der Waals surface area (Å²) in [5.41, 5.74) is 1.49. The van der Waals surface area contributed by atoms with E-state index in [1.54, 1.807) is 12.1 Å². The van der Waals surface area contributed by atoms with Crippen molar-refractivity contribution in [2.75, 3.05) is 12.4 Å². The summed E-state index contributed by atoms with van der Waals surface area (Å²) >= 11 is 0. The maximum Gasteiger partial charge on any atom is 0.276 e. The second-order valence-corrected chi connectivity index (χ2v) is 3.94. The second kappa shape index (κ2) is 5.51. The molecular weight excluding hydrogens is 249 g/mol. The van der Waals surface area contributed by atoms with Crippen LogP contribution in [-0.2, 0) is 6.42 Å². The van der Waals surface area contributed by atoms with E-state index in [2.05, 4.69) is 15.5 Å². The molecule has 0 spiro atoms. The zero-order valence-electron chi connectivity index (χ0n) is 10.7. The number of H-pyrrole nitrogens is 1. The summed E-state index contributed by atoms with van der Waals surface area (Å²) in [6.45, 7) is 1.95. The molecule has 1 heterocycles. The third-order valence-electron chi connectivity index (χ3n) is 2.65. The minimum atomic E-state index is -0.531. The first kappa shape index (κ1) is 13.1. The normalized spacial score (nSPS) is 10.3. The predicted molar refractivity (Wildman–Crippen MR) is 68.9 cm³/mol. The van der Waals surface area contributed by atoms with Gasteiger partial charge in [0.15, 0.2) is 17.3 Å². The number of ether oxygens (including phenoxy) is 1. The fourth-order valence-corrected chi connectivity index (χ4v) is 1.60. The van der Waals surface area contributed by atoms with Crippen molar-refractivity contribution in [1.29, 1.82) is 0 Å². The van der Waals surface area contributed by atoms with Crippen LogP contribution in [0.4, 0.5) is 10.1 Å². The number of carbonyl (C=O) groups is 1. The Morgan fingerprint density at radius 1 is 1.47 bits per heavy atom. The number of nitrogens with zero attached hydrogens (tertiary/aromatic N) is 1. The van der Waals surface area contributed by atoms with Crippen molar-refractivity contribution < 1.29 is 13.9 Å². The first-order valence-electron chi connectivity index (χ1n) is 5.83. The molecule has 0 aliphatic heterocycles. The van der Waals surface area contributed by atoms with Crippen LogP contribution in [-0.4, -0.2) is 23.2 Å². The molecule has 0 radical (unpaired) electrons. The quantitative estimate of drug-likeness (QED) is 0.889. The molecule has 6 heteroatoms. The Hall–Kier alpha value is -2.37. The van der Waals surface area contributed by atoms with Crippen molar-refractivity contribution in [3.8, 4) is 5.75 Å². The summed E-state index contributed by atoms with van der Waals surface area (Å²) in [7, 11) is 1.38. The van der Waals surface area contributed by atoms with Crippen molar-refractivity contribution in [1.82, 2.24) is 10.2 Å². The number of methoxy groups -OCH3 is 1. The van der Waals surface area contributed by atoms with Crippen molar-refractivity contribution in [3.05, 3.63) is 41.5 Å². The largest absolute Gasteiger partial charge is 0.494 e. The minimum absolute atomic E-state index is 0.131. The number of anilines is 1. The van der Waals surface area contributed by atoms with Gasteiger partial charge in [0.1, 0.15) is 0 Å². The maximum absolute atomic E-state index is 13.5. The molecule has 5 nitrogen and oxygen atoms in total. The third kappa shape index (κ3) is 2.90. The van der Waals surface area contributed by atoms with Crippen LogP contribution in [0, 0.1) is 5.82 Å². The van der Waals surface area contributed by atoms with E-state index < -0.39 is 5.82 Å². The number of aromatic nitrogens is 2. The standard InChI is InChI=1S/C13H14FN3O2/c1-3-8-7-11(17-16-8)13(18)15-9-4-5-12(19-2)10(14)6-9/h4-7H,3H2,1-2H3,(H,15,18)(H,16,17). The first-order valence-corrected chi connectivity index (χ1v) is 5.83.